The molecule has 23 heavy (non-hydrogen) atoms. The summed E-state index contributed by atoms with van der Waals surface area (Å²) in [5.74, 6) is 0. The number of benzene rings is 1. The molecule has 0 amide bonds. The number of nitrogens with one attached hydrogen (secondary N) is 2. The third kappa shape index (κ3) is 5.88. The number of nitrogens with zero attached hydrogens (tertiary/aromatic N) is 2. The van der Waals surface area contributed by atoms with Crippen LogP contribution in [0.3, 0.4) is 0 Å². The quantitative estimate of drug-likeness (QED) is 0.533. The van der Waals surface area contributed by atoms with Crippen molar-refractivity contribution in [1.82, 2.24) is 15.2 Å². The number of hydrogen-bond donors (Lipinski definition) is 2. The van der Waals surface area contributed by atoms with Crippen molar-refractivity contribution < 1.29 is 0 Å². The third-order valence-corrected chi connectivity index (χ3v) is 5.07. The maximum Gasteiger partial charge on any atom is 0.190 e. The molecule has 0 saturated carbocycles. The number of unbranched alkanes of at least 4 members (excludes halogenated alkanes) is 1. The van der Waals surface area contributed by atoms with Crippen LogP contribution in [0.4, 0.5) is 5.13 Å². The van der Waals surface area contributed by atoms with E-state index < -0.39 is 0 Å². The highest BCUT2D eigenvalue weighted by Crippen LogP contribution is 2.28. The summed E-state index contributed by atoms with van der Waals surface area (Å²) in [7, 11) is 0. The molecule has 4 nitrogen and oxygen atoms in total. The Balaban J connectivity index is 1.71. The van der Waals surface area contributed by atoms with Gasteiger partial charge in [0.05, 0.1) is 10.2 Å². The second-order valence-electron chi connectivity index (χ2n) is 5.25. The number of fused-ring (bicyclic) bond motifs is 1. The van der Waals surface area contributed by atoms with E-state index in [1.165, 1.54) is 6.42 Å². The Kier molecular flexibility index (Phi) is 7.49. The summed E-state index contributed by atoms with van der Waals surface area (Å²) in [4.78, 5) is 6.93. The number of rotatable bonds is 8. The number of aromatic nitrogens is 1. The van der Waals surface area contributed by atoms with Crippen LogP contribution in [0.15, 0.2) is 18.2 Å². The zero-order chi connectivity index (χ0) is 16.7. The monoisotopic (exact) mass is 370 g/mol. The molecule has 2 aromatic rings. The van der Waals surface area contributed by atoms with Crippen molar-refractivity contribution in [3.05, 3.63) is 23.2 Å². The normalized spacial score (nSPS) is 11.1. The summed E-state index contributed by atoms with van der Waals surface area (Å²) in [5.41, 5.74) is 0.934. The van der Waals surface area contributed by atoms with Crippen LogP contribution >= 0.6 is 35.2 Å². The molecule has 0 spiro atoms. The predicted molar refractivity (Wildman–Crippen MR) is 106 cm³/mol. The number of anilines is 1. The maximum atomic E-state index is 5.99. The van der Waals surface area contributed by atoms with Gasteiger partial charge in [0.1, 0.15) is 0 Å². The molecule has 1 heterocycles. The summed E-state index contributed by atoms with van der Waals surface area (Å²) in [6.07, 6.45) is 2.28. The fourth-order valence-corrected chi connectivity index (χ4v) is 3.71. The summed E-state index contributed by atoms with van der Waals surface area (Å²) >= 11 is 12.9. The van der Waals surface area contributed by atoms with E-state index in [9.17, 15) is 0 Å². The molecule has 2 N–H and O–H groups in total. The second kappa shape index (κ2) is 9.37. The molecule has 1 aromatic carbocycles. The average Bonchev–Trinajstić information content (AvgIpc) is 2.92. The average molecular weight is 371 g/mol. The molecular formula is C16H23ClN4S2. The van der Waals surface area contributed by atoms with Crippen LogP contribution in [0.25, 0.3) is 10.2 Å². The molecule has 7 heteroatoms. The van der Waals surface area contributed by atoms with Gasteiger partial charge in [0.15, 0.2) is 10.2 Å². The third-order valence-electron chi connectivity index (χ3n) is 3.65. The van der Waals surface area contributed by atoms with E-state index in [-0.39, 0.29) is 0 Å². The topological polar surface area (TPSA) is 40.2 Å². The van der Waals surface area contributed by atoms with Gasteiger partial charge in [-0.05, 0) is 62.9 Å². The highest BCUT2D eigenvalue weighted by atomic mass is 35.5. The number of hydrogen-bond acceptors (Lipinski definition) is 4. The minimum Gasteiger partial charge on any atom is -0.362 e. The first-order valence-corrected chi connectivity index (χ1v) is 9.56. The Hall–Kier alpha value is -0.950. The summed E-state index contributed by atoms with van der Waals surface area (Å²) < 4.78 is 1.06. The first kappa shape index (κ1) is 18.4. The standard InChI is InChI=1S/C16H23ClN4S2/c1-3-21(4-2)10-6-5-9-18-15(22)20-16-19-13-8-7-12(17)11-14(13)23-16/h7-8,11H,3-6,9-10H2,1-2H3,(H2,18,19,20,22). The Morgan fingerprint density at radius 3 is 2.83 bits per heavy atom. The van der Waals surface area contributed by atoms with Crippen molar-refractivity contribution in [2.24, 2.45) is 0 Å². The molecule has 2 rings (SSSR count). The van der Waals surface area contributed by atoms with Gasteiger partial charge in [0, 0.05) is 11.6 Å². The van der Waals surface area contributed by atoms with Gasteiger partial charge in [-0.3, -0.25) is 0 Å². The van der Waals surface area contributed by atoms with Crippen LogP contribution in [0.5, 0.6) is 0 Å². The Morgan fingerprint density at radius 1 is 1.30 bits per heavy atom. The molecule has 0 atom stereocenters. The molecule has 0 unspecified atom stereocenters. The SMILES string of the molecule is CCN(CC)CCCCNC(=S)Nc1nc2ccc(Cl)cc2s1. The van der Waals surface area contributed by atoms with Gasteiger partial charge in [-0.2, -0.15) is 0 Å². The molecule has 0 fully saturated rings. The van der Waals surface area contributed by atoms with Crippen molar-refractivity contribution >= 4 is 55.6 Å². The van der Waals surface area contributed by atoms with Crippen molar-refractivity contribution in [3.8, 4) is 0 Å². The lowest BCUT2D eigenvalue weighted by atomic mass is 10.3. The van der Waals surface area contributed by atoms with Gasteiger partial charge in [0.2, 0.25) is 0 Å². The highest BCUT2D eigenvalue weighted by molar-refractivity contribution is 7.80. The molecule has 0 aliphatic heterocycles. The fourth-order valence-electron chi connectivity index (χ4n) is 2.30. The lowest BCUT2D eigenvalue weighted by molar-refractivity contribution is 0.297. The molecular weight excluding hydrogens is 348 g/mol. The van der Waals surface area contributed by atoms with E-state index in [2.05, 4.69) is 34.4 Å². The summed E-state index contributed by atoms with van der Waals surface area (Å²) in [6, 6.07) is 5.69. The summed E-state index contributed by atoms with van der Waals surface area (Å²) in [5, 5.41) is 8.53. The van der Waals surface area contributed by atoms with Gasteiger partial charge in [-0.15, -0.1) is 0 Å². The van der Waals surface area contributed by atoms with Crippen molar-refractivity contribution in [1.29, 1.82) is 0 Å². The van der Waals surface area contributed by atoms with Crippen LogP contribution in [0.1, 0.15) is 26.7 Å². The Morgan fingerprint density at radius 2 is 2.09 bits per heavy atom. The van der Waals surface area contributed by atoms with Crippen LogP contribution in [-0.2, 0) is 0 Å². The van der Waals surface area contributed by atoms with E-state index in [0.29, 0.717) is 5.11 Å². The minimum atomic E-state index is 0.623. The molecule has 0 bridgehead atoms. The summed E-state index contributed by atoms with van der Waals surface area (Å²) in [6.45, 7) is 8.66. The smallest absolute Gasteiger partial charge is 0.190 e. The van der Waals surface area contributed by atoms with Gasteiger partial charge in [0.25, 0.3) is 0 Å². The minimum absolute atomic E-state index is 0.623. The molecule has 126 valence electrons. The largest absolute Gasteiger partial charge is 0.362 e. The van der Waals surface area contributed by atoms with Crippen molar-refractivity contribution in [3.63, 3.8) is 0 Å². The van der Waals surface area contributed by atoms with E-state index in [0.717, 1.165) is 53.0 Å². The first-order valence-electron chi connectivity index (χ1n) is 7.95. The van der Waals surface area contributed by atoms with E-state index in [4.69, 9.17) is 23.8 Å². The van der Waals surface area contributed by atoms with Crippen LogP contribution in [0, 0.1) is 0 Å². The zero-order valence-electron chi connectivity index (χ0n) is 13.6. The van der Waals surface area contributed by atoms with Gasteiger partial charge in [-0.25, -0.2) is 4.98 Å². The Bertz CT molecular complexity index is 640. The molecule has 0 aliphatic rings. The van der Waals surface area contributed by atoms with Crippen molar-refractivity contribution in [2.75, 3.05) is 31.5 Å². The molecule has 0 aliphatic carbocycles. The van der Waals surface area contributed by atoms with Gasteiger partial charge >= 0.3 is 0 Å². The molecule has 0 saturated heterocycles. The number of thiocarbonyl (C=S) groups is 1. The van der Waals surface area contributed by atoms with Crippen LogP contribution in [-0.4, -0.2) is 41.2 Å². The van der Waals surface area contributed by atoms with E-state index in [1.54, 1.807) is 11.3 Å². The van der Waals surface area contributed by atoms with Crippen LogP contribution in [0.2, 0.25) is 5.02 Å². The van der Waals surface area contributed by atoms with Gasteiger partial charge in [-0.1, -0.05) is 36.8 Å². The van der Waals surface area contributed by atoms with Crippen molar-refractivity contribution in [2.45, 2.75) is 26.7 Å². The van der Waals surface area contributed by atoms with Crippen LogP contribution < -0.4 is 10.6 Å². The lowest BCUT2D eigenvalue weighted by Crippen LogP contribution is -2.30. The Labute approximate surface area is 152 Å². The van der Waals surface area contributed by atoms with Gasteiger partial charge < -0.3 is 15.5 Å². The first-order chi connectivity index (χ1) is 11.1. The van der Waals surface area contributed by atoms with E-state index in [1.807, 2.05) is 18.2 Å². The molecule has 0 radical (unpaired) electrons. The fraction of sp³-hybridized carbons (Fsp3) is 0.500. The predicted octanol–water partition coefficient (Wildman–Crippen LogP) is 4.36. The second-order valence-corrected chi connectivity index (χ2v) is 7.12. The molecule has 1 aromatic heterocycles. The maximum absolute atomic E-state index is 5.99. The number of thiazole rings is 1. The zero-order valence-corrected chi connectivity index (χ0v) is 16.0. The lowest BCUT2D eigenvalue weighted by Gasteiger charge is -2.17. The number of halogens is 1. The van der Waals surface area contributed by atoms with E-state index >= 15 is 0 Å². The highest BCUT2D eigenvalue weighted by Gasteiger charge is 2.06.